The molecule has 0 atom stereocenters. The predicted octanol–water partition coefficient (Wildman–Crippen LogP) is 2.92. The molecule has 0 fully saturated rings. The fraction of sp³-hybridized carbons (Fsp3) is 0.0625. The maximum Gasteiger partial charge on any atom is 0.247 e. The van der Waals surface area contributed by atoms with E-state index in [1.807, 2.05) is 46.3 Å². The van der Waals surface area contributed by atoms with Gasteiger partial charge in [-0.2, -0.15) is 0 Å². The van der Waals surface area contributed by atoms with Crippen LogP contribution in [0.3, 0.4) is 0 Å². The van der Waals surface area contributed by atoms with Crippen LogP contribution in [-0.2, 0) is 9.84 Å². The fourth-order valence-electron chi connectivity index (χ4n) is 2.48. The summed E-state index contributed by atoms with van der Waals surface area (Å²) in [6.45, 7) is 0. The zero-order valence-corrected chi connectivity index (χ0v) is 14.3. The quantitative estimate of drug-likeness (QED) is 0.528. The molecule has 4 aromatic rings. The van der Waals surface area contributed by atoms with Gasteiger partial charge in [0.15, 0.2) is 4.96 Å². The zero-order valence-electron chi connectivity index (χ0n) is 12.6. The molecule has 24 heavy (non-hydrogen) atoms. The normalized spacial score (nSPS) is 11.9. The average Bonchev–Trinajstić information content (AvgIpc) is 3.15. The summed E-state index contributed by atoms with van der Waals surface area (Å²) < 4.78 is 25.5. The van der Waals surface area contributed by atoms with E-state index in [4.69, 9.17) is 0 Å². The second kappa shape index (κ2) is 5.50. The lowest BCUT2D eigenvalue weighted by Gasteiger charge is -2.05. The smallest absolute Gasteiger partial charge is 0.247 e. The van der Waals surface area contributed by atoms with Gasteiger partial charge < -0.3 is 0 Å². The summed E-state index contributed by atoms with van der Waals surface area (Å²) >= 11 is 1.51. The van der Waals surface area contributed by atoms with Crippen LogP contribution in [0.1, 0.15) is 0 Å². The number of sulfone groups is 1. The molecule has 0 saturated carbocycles. The number of thiazole rings is 1. The average molecular weight is 356 g/mol. The van der Waals surface area contributed by atoms with Gasteiger partial charge in [0.05, 0.1) is 11.4 Å². The van der Waals surface area contributed by atoms with Crippen LogP contribution in [0.2, 0.25) is 0 Å². The van der Waals surface area contributed by atoms with Crippen LogP contribution in [0.15, 0.2) is 59.3 Å². The minimum Gasteiger partial charge on any atom is -0.288 e. The van der Waals surface area contributed by atoms with E-state index in [0.29, 0.717) is 5.69 Å². The van der Waals surface area contributed by atoms with Gasteiger partial charge in [0.2, 0.25) is 15.0 Å². The Balaban J connectivity index is 2.01. The lowest BCUT2D eigenvalue weighted by atomic mass is 10.1. The Hall–Kier alpha value is -2.58. The van der Waals surface area contributed by atoms with Gasteiger partial charge in [-0.25, -0.2) is 23.4 Å². The number of aromatic nitrogens is 4. The van der Waals surface area contributed by atoms with Crippen molar-refractivity contribution in [2.75, 3.05) is 6.26 Å². The first-order valence-electron chi connectivity index (χ1n) is 7.08. The van der Waals surface area contributed by atoms with Crippen molar-refractivity contribution in [3.63, 3.8) is 0 Å². The standard InChI is InChI=1S/C16H12N4O2S2/c1-24(21,22)15-17-8-7-12(18-15)14-13(11-5-3-2-4-6-11)19-16-20(14)9-10-23-16/h2-10H,1H3. The third kappa shape index (κ3) is 2.49. The SMILES string of the molecule is CS(=O)(=O)c1nccc(-c2c(-c3ccccc3)nc3sccn23)n1. The Morgan fingerprint density at radius 3 is 2.62 bits per heavy atom. The number of hydrogen-bond acceptors (Lipinski definition) is 6. The van der Waals surface area contributed by atoms with Gasteiger partial charge >= 0.3 is 0 Å². The van der Waals surface area contributed by atoms with E-state index in [-0.39, 0.29) is 5.16 Å². The third-order valence-electron chi connectivity index (χ3n) is 3.52. The van der Waals surface area contributed by atoms with Crippen molar-refractivity contribution in [3.05, 3.63) is 54.2 Å². The molecule has 4 rings (SSSR count). The highest BCUT2D eigenvalue weighted by Crippen LogP contribution is 2.33. The Kier molecular flexibility index (Phi) is 3.43. The Bertz CT molecular complexity index is 1130. The van der Waals surface area contributed by atoms with Gasteiger partial charge in [0.1, 0.15) is 5.69 Å². The maximum absolute atomic E-state index is 11.8. The van der Waals surface area contributed by atoms with Gasteiger partial charge in [0, 0.05) is 29.6 Å². The Labute approximate surface area is 142 Å². The van der Waals surface area contributed by atoms with Crippen LogP contribution in [0.5, 0.6) is 0 Å². The topological polar surface area (TPSA) is 77.2 Å². The van der Waals surface area contributed by atoms with Crippen LogP contribution >= 0.6 is 11.3 Å². The number of imidazole rings is 1. The molecular formula is C16H12N4O2S2. The highest BCUT2D eigenvalue weighted by atomic mass is 32.2. The zero-order chi connectivity index (χ0) is 16.7. The summed E-state index contributed by atoms with van der Waals surface area (Å²) in [5, 5.41) is 1.74. The molecule has 0 amide bonds. The molecule has 3 heterocycles. The minimum absolute atomic E-state index is 0.191. The van der Waals surface area contributed by atoms with Gasteiger partial charge in [0.25, 0.3) is 0 Å². The minimum atomic E-state index is -3.48. The second-order valence-electron chi connectivity index (χ2n) is 5.23. The lowest BCUT2D eigenvalue weighted by molar-refractivity contribution is 0.593. The van der Waals surface area contributed by atoms with Gasteiger partial charge in [-0.1, -0.05) is 30.3 Å². The summed E-state index contributed by atoms with van der Waals surface area (Å²) in [6, 6.07) is 11.4. The molecule has 6 nitrogen and oxygen atoms in total. The molecule has 0 radical (unpaired) electrons. The van der Waals surface area contributed by atoms with Crippen LogP contribution < -0.4 is 0 Å². The molecular weight excluding hydrogens is 344 g/mol. The first-order valence-corrected chi connectivity index (χ1v) is 9.85. The maximum atomic E-state index is 11.8. The van der Waals surface area contributed by atoms with Crippen molar-refractivity contribution >= 4 is 26.1 Å². The number of rotatable bonds is 3. The number of nitrogens with zero attached hydrogens (tertiary/aromatic N) is 4. The molecule has 0 spiro atoms. The lowest BCUT2D eigenvalue weighted by Crippen LogP contribution is -2.05. The van der Waals surface area contributed by atoms with Crippen molar-refractivity contribution in [3.8, 4) is 22.6 Å². The molecule has 0 N–H and O–H groups in total. The molecule has 3 aromatic heterocycles. The monoisotopic (exact) mass is 356 g/mol. The first-order chi connectivity index (χ1) is 11.5. The largest absolute Gasteiger partial charge is 0.288 e. The Morgan fingerprint density at radius 2 is 1.88 bits per heavy atom. The molecule has 1 aromatic carbocycles. The Morgan fingerprint density at radius 1 is 1.08 bits per heavy atom. The van der Waals surface area contributed by atoms with Crippen molar-refractivity contribution in [1.82, 2.24) is 19.4 Å². The third-order valence-corrected chi connectivity index (χ3v) is 5.13. The molecule has 0 saturated heterocycles. The summed E-state index contributed by atoms with van der Waals surface area (Å²) in [4.78, 5) is 13.6. The first kappa shape index (κ1) is 15.0. The molecule has 0 unspecified atom stereocenters. The molecule has 8 heteroatoms. The van der Waals surface area contributed by atoms with E-state index in [2.05, 4.69) is 15.0 Å². The van der Waals surface area contributed by atoms with E-state index in [1.165, 1.54) is 17.5 Å². The van der Waals surface area contributed by atoms with E-state index < -0.39 is 9.84 Å². The van der Waals surface area contributed by atoms with E-state index in [9.17, 15) is 8.42 Å². The van der Waals surface area contributed by atoms with Gasteiger partial charge in [-0.05, 0) is 6.07 Å². The van der Waals surface area contributed by atoms with E-state index in [0.717, 1.165) is 28.2 Å². The highest BCUT2D eigenvalue weighted by molar-refractivity contribution is 7.90. The van der Waals surface area contributed by atoms with Crippen LogP contribution in [0.4, 0.5) is 0 Å². The number of fused-ring (bicyclic) bond motifs is 1. The van der Waals surface area contributed by atoms with Crippen LogP contribution in [0, 0.1) is 0 Å². The molecule has 0 aliphatic rings. The van der Waals surface area contributed by atoms with Crippen molar-refractivity contribution in [2.45, 2.75) is 5.16 Å². The predicted molar refractivity (Wildman–Crippen MR) is 92.6 cm³/mol. The van der Waals surface area contributed by atoms with Crippen molar-refractivity contribution in [2.24, 2.45) is 0 Å². The van der Waals surface area contributed by atoms with Crippen LogP contribution in [-0.4, -0.2) is 34.0 Å². The number of benzene rings is 1. The van der Waals surface area contributed by atoms with E-state index >= 15 is 0 Å². The molecule has 0 aliphatic heterocycles. The van der Waals surface area contributed by atoms with Gasteiger partial charge in [-0.3, -0.25) is 4.40 Å². The van der Waals surface area contributed by atoms with Gasteiger partial charge in [-0.15, -0.1) is 11.3 Å². The second-order valence-corrected chi connectivity index (χ2v) is 8.01. The number of hydrogen-bond donors (Lipinski definition) is 0. The van der Waals surface area contributed by atoms with Crippen molar-refractivity contribution < 1.29 is 8.42 Å². The summed E-state index contributed by atoms with van der Waals surface area (Å²) in [6.07, 6.45) is 4.46. The molecule has 120 valence electrons. The van der Waals surface area contributed by atoms with Crippen LogP contribution in [0.25, 0.3) is 27.6 Å². The molecule has 0 aliphatic carbocycles. The van der Waals surface area contributed by atoms with Crippen molar-refractivity contribution in [1.29, 1.82) is 0 Å². The highest BCUT2D eigenvalue weighted by Gasteiger charge is 2.20. The molecule has 0 bridgehead atoms. The fourth-order valence-corrected chi connectivity index (χ4v) is 3.71. The summed E-state index contributed by atoms with van der Waals surface area (Å²) in [5.74, 6) is 0. The van der Waals surface area contributed by atoms with E-state index in [1.54, 1.807) is 6.07 Å². The summed E-state index contributed by atoms with van der Waals surface area (Å²) in [5.41, 5.74) is 2.99. The summed E-state index contributed by atoms with van der Waals surface area (Å²) in [7, 11) is -3.48.